The minimum absolute atomic E-state index is 0.0257. The van der Waals surface area contributed by atoms with Gasteiger partial charge in [-0.15, -0.1) is 0 Å². The van der Waals surface area contributed by atoms with Crippen LogP contribution in [0.4, 0.5) is 5.82 Å². The largest absolute Gasteiger partial charge is 0.466 e. The van der Waals surface area contributed by atoms with E-state index in [1.165, 1.54) is 6.08 Å². The Kier molecular flexibility index (Phi) is 5.71. The molecule has 1 aliphatic heterocycles. The van der Waals surface area contributed by atoms with Gasteiger partial charge in [-0.1, -0.05) is 0 Å². The van der Waals surface area contributed by atoms with Gasteiger partial charge in [-0.3, -0.25) is 4.79 Å². The van der Waals surface area contributed by atoms with Crippen molar-refractivity contribution in [2.24, 2.45) is 5.92 Å². The standard InChI is InChI=1S/C17H18N4O2/c1-2-23-17(22)15-5-7-21(8-6-15)16-4-3-13(12-20-16)9-14(10-18)11-19/h3-4,9,12,15H,2,5-8H2,1H3. The fourth-order valence-electron chi connectivity index (χ4n) is 2.53. The predicted octanol–water partition coefficient (Wildman–Crippen LogP) is 2.29. The van der Waals surface area contributed by atoms with Gasteiger partial charge in [-0.25, -0.2) is 4.98 Å². The Morgan fingerprint density at radius 3 is 2.61 bits per heavy atom. The van der Waals surface area contributed by atoms with Crippen molar-refractivity contribution in [3.63, 3.8) is 0 Å². The first-order chi connectivity index (χ1) is 11.2. The molecule has 0 amide bonds. The molecule has 0 atom stereocenters. The molecule has 1 fully saturated rings. The van der Waals surface area contributed by atoms with Crippen LogP contribution < -0.4 is 4.90 Å². The third kappa shape index (κ3) is 4.31. The number of anilines is 1. The van der Waals surface area contributed by atoms with Crippen molar-refractivity contribution in [1.29, 1.82) is 10.5 Å². The van der Waals surface area contributed by atoms with E-state index in [1.807, 2.05) is 31.2 Å². The summed E-state index contributed by atoms with van der Waals surface area (Å²) in [5, 5.41) is 17.5. The number of nitrogens with zero attached hydrogens (tertiary/aromatic N) is 4. The zero-order valence-corrected chi connectivity index (χ0v) is 13.0. The van der Waals surface area contributed by atoms with Gasteiger partial charge < -0.3 is 9.64 Å². The first-order valence-corrected chi connectivity index (χ1v) is 7.57. The number of allylic oxidation sites excluding steroid dienone is 1. The molecule has 0 spiro atoms. The first kappa shape index (κ1) is 16.5. The summed E-state index contributed by atoms with van der Waals surface area (Å²) in [7, 11) is 0. The smallest absolute Gasteiger partial charge is 0.309 e. The average Bonchev–Trinajstić information content (AvgIpc) is 2.60. The van der Waals surface area contributed by atoms with Crippen LogP contribution in [-0.4, -0.2) is 30.6 Å². The molecule has 2 heterocycles. The van der Waals surface area contributed by atoms with E-state index >= 15 is 0 Å². The summed E-state index contributed by atoms with van der Waals surface area (Å²) in [6.07, 6.45) is 4.66. The number of carbonyl (C=O) groups is 1. The molecule has 0 aliphatic carbocycles. The second-order valence-electron chi connectivity index (χ2n) is 5.24. The molecule has 0 N–H and O–H groups in total. The van der Waals surface area contributed by atoms with Crippen molar-refractivity contribution in [1.82, 2.24) is 4.98 Å². The monoisotopic (exact) mass is 310 g/mol. The Morgan fingerprint density at radius 1 is 1.39 bits per heavy atom. The van der Waals surface area contributed by atoms with Crippen LogP contribution in [0.15, 0.2) is 23.9 Å². The molecule has 6 heteroatoms. The van der Waals surface area contributed by atoms with Crippen LogP contribution in [0.25, 0.3) is 6.08 Å². The van der Waals surface area contributed by atoms with Crippen LogP contribution in [0.3, 0.4) is 0 Å². The molecule has 0 bridgehead atoms. The predicted molar refractivity (Wildman–Crippen MR) is 85.0 cm³/mol. The fraction of sp³-hybridized carbons (Fsp3) is 0.412. The second-order valence-corrected chi connectivity index (χ2v) is 5.24. The van der Waals surface area contributed by atoms with E-state index in [9.17, 15) is 4.79 Å². The first-order valence-electron chi connectivity index (χ1n) is 7.57. The Morgan fingerprint density at radius 2 is 2.09 bits per heavy atom. The quantitative estimate of drug-likeness (QED) is 0.626. The molecular weight excluding hydrogens is 292 g/mol. The normalized spacial score (nSPS) is 14.5. The topological polar surface area (TPSA) is 90.0 Å². The highest BCUT2D eigenvalue weighted by molar-refractivity contribution is 5.72. The molecule has 118 valence electrons. The van der Waals surface area contributed by atoms with E-state index in [4.69, 9.17) is 15.3 Å². The third-order valence-corrected chi connectivity index (χ3v) is 3.76. The maximum Gasteiger partial charge on any atom is 0.309 e. The van der Waals surface area contributed by atoms with Crippen molar-refractivity contribution >= 4 is 17.9 Å². The highest BCUT2D eigenvalue weighted by Gasteiger charge is 2.26. The maximum atomic E-state index is 11.7. The van der Waals surface area contributed by atoms with E-state index < -0.39 is 0 Å². The highest BCUT2D eigenvalue weighted by Crippen LogP contribution is 2.23. The molecule has 0 saturated carbocycles. The number of nitriles is 2. The van der Waals surface area contributed by atoms with E-state index in [2.05, 4.69) is 9.88 Å². The number of esters is 1. The molecule has 0 unspecified atom stereocenters. The number of carbonyl (C=O) groups excluding carboxylic acids is 1. The van der Waals surface area contributed by atoms with Gasteiger partial charge in [0, 0.05) is 19.3 Å². The number of aromatic nitrogens is 1. The van der Waals surface area contributed by atoms with E-state index in [1.54, 1.807) is 6.20 Å². The minimum Gasteiger partial charge on any atom is -0.466 e. The third-order valence-electron chi connectivity index (χ3n) is 3.76. The molecule has 2 rings (SSSR count). The summed E-state index contributed by atoms with van der Waals surface area (Å²) in [5.41, 5.74) is 0.767. The zero-order chi connectivity index (χ0) is 16.7. The van der Waals surface area contributed by atoms with Crippen LogP contribution in [-0.2, 0) is 9.53 Å². The van der Waals surface area contributed by atoms with Gasteiger partial charge in [0.2, 0.25) is 0 Å². The molecular formula is C17H18N4O2. The molecule has 1 aromatic heterocycles. The summed E-state index contributed by atoms with van der Waals surface area (Å²) in [5.74, 6) is 0.697. The van der Waals surface area contributed by atoms with Gasteiger partial charge >= 0.3 is 5.97 Å². The van der Waals surface area contributed by atoms with Crippen LogP contribution in [0, 0.1) is 28.6 Å². The molecule has 0 aromatic carbocycles. The lowest BCUT2D eigenvalue weighted by Crippen LogP contribution is -2.37. The number of pyridine rings is 1. The van der Waals surface area contributed by atoms with E-state index in [0.29, 0.717) is 12.2 Å². The molecule has 1 aromatic rings. The fourth-order valence-corrected chi connectivity index (χ4v) is 2.53. The second kappa shape index (κ2) is 7.95. The zero-order valence-electron chi connectivity index (χ0n) is 13.0. The molecule has 23 heavy (non-hydrogen) atoms. The van der Waals surface area contributed by atoms with E-state index in [0.717, 1.165) is 31.7 Å². The SMILES string of the molecule is CCOC(=O)C1CCN(c2ccc(C=C(C#N)C#N)cn2)CC1. The summed E-state index contributed by atoms with van der Waals surface area (Å²) in [6, 6.07) is 7.34. The Labute approximate surface area is 135 Å². The maximum absolute atomic E-state index is 11.7. The molecule has 6 nitrogen and oxygen atoms in total. The number of ether oxygens (including phenoxy) is 1. The van der Waals surface area contributed by atoms with Gasteiger partial charge in [0.1, 0.15) is 23.5 Å². The number of rotatable bonds is 4. The minimum atomic E-state index is -0.110. The summed E-state index contributed by atoms with van der Waals surface area (Å²) >= 11 is 0. The van der Waals surface area contributed by atoms with Gasteiger partial charge in [0.05, 0.1) is 12.5 Å². The lowest BCUT2D eigenvalue weighted by atomic mass is 9.97. The lowest BCUT2D eigenvalue weighted by Gasteiger charge is -2.31. The van der Waals surface area contributed by atoms with Gasteiger partial charge in [-0.05, 0) is 43.5 Å². The molecule has 1 saturated heterocycles. The van der Waals surface area contributed by atoms with Crippen LogP contribution in [0.5, 0.6) is 0 Å². The van der Waals surface area contributed by atoms with Crippen molar-refractivity contribution < 1.29 is 9.53 Å². The number of piperidine rings is 1. The van der Waals surface area contributed by atoms with Gasteiger partial charge in [0.25, 0.3) is 0 Å². The molecule has 0 radical (unpaired) electrons. The van der Waals surface area contributed by atoms with Crippen LogP contribution in [0.2, 0.25) is 0 Å². The lowest BCUT2D eigenvalue weighted by molar-refractivity contribution is -0.148. The van der Waals surface area contributed by atoms with E-state index in [-0.39, 0.29) is 17.5 Å². The van der Waals surface area contributed by atoms with Gasteiger partial charge in [0.15, 0.2) is 0 Å². The Balaban J connectivity index is 1.97. The summed E-state index contributed by atoms with van der Waals surface area (Å²) in [4.78, 5) is 18.2. The average molecular weight is 310 g/mol. The van der Waals surface area contributed by atoms with Crippen molar-refractivity contribution in [2.75, 3.05) is 24.6 Å². The summed E-state index contributed by atoms with van der Waals surface area (Å²) in [6.45, 7) is 3.75. The van der Waals surface area contributed by atoms with Crippen LogP contribution in [0.1, 0.15) is 25.3 Å². The Hall–Kier alpha value is -2.86. The van der Waals surface area contributed by atoms with Crippen LogP contribution >= 0.6 is 0 Å². The Bertz CT molecular complexity index is 643. The summed E-state index contributed by atoms with van der Waals surface area (Å²) < 4.78 is 5.06. The molecule has 1 aliphatic rings. The highest BCUT2D eigenvalue weighted by atomic mass is 16.5. The number of hydrogen-bond donors (Lipinski definition) is 0. The van der Waals surface area contributed by atoms with Crippen molar-refractivity contribution in [2.45, 2.75) is 19.8 Å². The van der Waals surface area contributed by atoms with Crippen molar-refractivity contribution in [3.8, 4) is 12.1 Å². The van der Waals surface area contributed by atoms with Crippen molar-refractivity contribution in [3.05, 3.63) is 29.5 Å². The van der Waals surface area contributed by atoms with Gasteiger partial charge in [-0.2, -0.15) is 10.5 Å². The number of hydrogen-bond acceptors (Lipinski definition) is 6.